The average molecular weight is 628 g/mol. The molecule has 2 rings (SSSR count). The number of halogens is 4. The quantitative estimate of drug-likeness (QED) is 0.392. The number of carbonyl (C=O) groups excluding carboxylic acids is 2. The Kier molecular flexibility index (Phi) is 9.92. The van der Waals surface area contributed by atoms with E-state index in [1.807, 2.05) is 45.0 Å². The molecule has 1 atom stereocenters. The first-order valence-electron chi connectivity index (χ1n) is 10.5. The van der Waals surface area contributed by atoms with Crippen LogP contribution in [0.25, 0.3) is 0 Å². The van der Waals surface area contributed by atoms with Crippen molar-refractivity contribution in [1.82, 2.24) is 10.2 Å². The monoisotopic (exact) mass is 625 g/mol. The smallest absolute Gasteiger partial charge is 0.244 e. The maximum absolute atomic E-state index is 13.5. The second-order valence-corrected chi connectivity index (χ2v) is 13.1. The van der Waals surface area contributed by atoms with Gasteiger partial charge in [-0.25, -0.2) is 8.42 Å². The summed E-state index contributed by atoms with van der Waals surface area (Å²) in [6.45, 7) is 6.56. The fourth-order valence-corrected chi connectivity index (χ4v) is 4.95. The molecule has 192 valence electrons. The van der Waals surface area contributed by atoms with Crippen LogP contribution in [0.3, 0.4) is 0 Å². The van der Waals surface area contributed by atoms with E-state index in [1.165, 1.54) is 17.0 Å². The van der Waals surface area contributed by atoms with Crippen LogP contribution >= 0.6 is 50.7 Å². The number of nitrogens with zero attached hydrogens (tertiary/aromatic N) is 2. The SMILES string of the molecule is C[C@@H](C(=O)NC(C)(C)C)N(Cc1ccc(Br)cc1)C(=O)CN(c1cc(Cl)c(Cl)cc1Cl)S(C)(=O)=O. The second kappa shape index (κ2) is 11.7. The van der Waals surface area contributed by atoms with E-state index in [9.17, 15) is 18.0 Å². The molecule has 0 aliphatic carbocycles. The summed E-state index contributed by atoms with van der Waals surface area (Å²) in [7, 11) is -3.96. The van der Waals surface area contributed by atoms with Crippen molar-refractivity contribution in [1.29, 1.82) is 0 Å². The highest BCUT2D eigenvalue weighted by atomic mass is 79.9. The van der Waals surface area contributed by atoms with Crippen LogP contribution in [0, 0.1) is 0 Å². The summed E-state index contributed by atoms with van der Waals surface area (Å²) >= 11 is 21.7. The number of nitrogens with one attached hydrogen (secondary N) is 1. The van der Waals surface area contributed by atoms with Gasteiger partial charge in [-0.3, -0.25) is 13.9 Å². The Labute approximate surface area is 229 Å². The van der Waals surface area contributed by atoms with Crippen molar-refractivity contribution in [3.05, 3.63) is 61.5 Å². The predicted octanol–water partition coefficient (Wildman–Crippen LogP) is 5.51. The fourth-order valence-electron chi connectivity index (χ4n) is 3.14. The third-order valence-corrected chi connectivity index (χ3v) is 7.55. The van der Waals surface area contributed by atoms with Gasteiger partial charge in [-0.2, -0.15) is 0 Å². The van der Waals surface area contributed by atoms with E-state index in [-0.39, 0.29) is 33.2 Å². The number of carbonyl (C=O) groups is 2. The van der Waals surface area contributed by atoms with Gasteiger partial charge in [-0.05, 0) is 57.5 Å². The summed E-state index contributed by atoms with van der Waals surface area (Å²) in [4.78, 5) is 27.8. The van der Waals surface area contributed by atoms with Gasteiger partial charge in [-0.1, -0.05) is 62.9 Å². The van der Waals surface area contributed by atoms with Gasteiger partial charge < -0.3 is 10.2 Å². The first-order valence-corrected chi connectivity index (χ1v) is 14.3. The lowest BCUT2D eigenvalue weighted by atomic mass is 10.1. The van der Waals surface area contributed by atoms with Crippen LogP contribution in [0.15, 0.2) is 40.9 Å². The molecule has 0 fully saturated rings. The van der Waals surface area contributed by atoms with Gasteiger partial charge in [-0.15, -0.1) is 0 Å². The molecular weight excluding hydrogens is 601 g/mol. The van der Waals surface area contributed by atoms with Crippen molar-refractivity contribution in [2.75, 3.05) is 17.1 Å². The zero-order chi connectivity index (χ0) is 26.7. The first-order chi connectivity index (χ1) is 16.0. The molecule has 0 bridgehead atoms. The van der Waals surface area contributed by atoms with E-state index in [2.05, 4.69) is 21.2 Å². The highest BCUT2D eigenvalue weighted by molar-refractivity contribution is 9.10. The number of benzene rings is 2. The Morgan fingerprint density at radius 1 is 1.03 bits per heavy atom. The minimum absolute atomic E-state index is 0.00676. The Morgan fingerprint density at radius 3 is 2.09 bits per heavy atom. The summed E-state index contributed by atoms with van der Waals surface area (Å²) in [5.74, 6) is -0.974. The van der Waals surface area contributed by atoms with Crippen LogP contribution in [-0.2, 0) is 26.2 Å². The van der Waals surface area contributed by atoms with Crippen LogP contribution in [0.2, 0.25) is 15.1 Å². The van der Waals surface area contributed by atoms with Crippen LogP contribution in [0.5, 0.6) is 0 Å². The third kappa shape index (κ3) is 8.53. The molecule has 0 unspecified atom stereocenters. The Balaban J connectivity index is 2.47. The molecule has 2 amide bonds. The summed E-state index contributed by atoms with van der Waals surface area (Å²) < 4.78 is 27.0. The van der Waals surface area contributed by atoms with Crippen molar-refractivity contribution >= 4 is 78.3 Å². The van der Waals surface area contributed by atoms with Crippen LogP contribution < -0.4 is 9.62 Å². The lowest BCUT2D eigenvalue weighted by molar-refractivity contribution is -0.140. The summed E-state index contributed by atoms with van der Waals surface area (Å²) in [6, 6.07) is 8.95. The van der Waals surface area contributed by atoms with Crippen molar-refractivity contribution in [3.63, 3.8) is 0 Å². The zero-order valence-corrected chi connectivity index (χ0v) is 24.6. The van der Waals surface area contributed by atoms with Gasteiger partial charge in [0.25, 0.3) is 0 Å². The number of rotatable bonds is 8. The Bertz CT molecular complexity index is 1200. The Hall–Kier alpha value is -1.52. The molecule has 1 N–H and O–H groups in total. The number of hydrogen-bond acceptors (Lipinski definition) is 4. The minimum atomic E-state index is -3.96. The number of anilines is 1. The molecule has 0 radical (unpaired) electrons. The molecule has 0 spiro atoms. The normalized spacial score (nSPS) is 12.7. The molecule has 0 saturated heterocycles. The van der Waals surface area contributed by atoms with Crippen LogP contribution in [0.4, 0.5) is 5.69 Å². The van der Waals surface area contributed by atoms with Gasteiger partial charge in [0.1, 0.15) is 12.6 Å². The van der Waals surface area contributed by atoms with Crippen molar-refractivity contribution in [2.45, 2.75) is 45.8 Å². The van der Waals surface area contributed by atoms with Crippen LogP contribution in [-0.4, -0.2) is 49.5 Å². The van der Waals surface area contributed by atoms with E-state index >= 15 is 0 Å². The molecule has 2 aromatic rings. The first kappa shape index (κ1) is 29.7. The van der Waals surface area contributed by atoms with Gasteiger partial charge >= 0.3 is 0 Å². The maximum Gasteiger partial charge on any atom is 0.244 e. The topological polar surface area (TPSA) is 86.8 Å². The van der Waals surface area contributed by atoms with Gasteiger partial charge in [0.05, 0.1) is 27.0 Å². The molecule has 0 aromatic heterocycles. The number of sulfonamides is 1. The van der Waals surface area contributed by atoms with E-state index in [1.54, 1.807) is 6.92 Å². The van der Waals surface area contributed by atoms with E-state index < -0.39 is 34.1 Å². The van der Waals surface area contributed by atoms with E-state index in [0.717, 1.165) is 20.6 Å². The number of hydrogen-bond donors (Lipinski definition) is 1. The second-order valence-electron chi connectivity index (χ2n) is 9.05. The average Bonchev–Trinajstić information content (AvgIpc) is 2.71. The molecule has 0 aliphatic rings. The number of amides is 2. The Morgan fingerprint density at radius 2 is 1.57 bits per heavy atom. The summed E-state index contributed by atoms with van der Waals surface area (Å²) in [5.41, 5.74) is 0.243. The van der Waals surface area contributed by atoms with Crippen LogP contribution in [0.1, 0.15) is 33.3 Å². The van der Waals surface area contributed by atoms with Crippen molar-refractivity contribution in [3.8, 4) is 0 Å². The fraction of sp³-hybridized carbons (Fsp3) is 0.391. The molecular formula is C23H27BrCl3N3O4S. The highest BCUT2D eigenvalue weighted by Crippen LogP contribution is 2.35. The maximum atomic E-state index is 13.5. The van der Waals surface area contributed by atoms with E-state index in [4.69, 9.17) is 34.8 Å². The minimum Gasteiger partial charge on any atom is -0.350 e. The van der Waals surface area contributed by atoms with E-state index in [0.29, 0.717) is 0 Å². The predicted molar refractivity (Wildman–Crippen MR) is 146 cm³/mol. The lowest BCUT2D eigenvalue weighted by Gasteiger charge is -2.33. The molecule has 0 aliphatic heterocycles. The summed E-state index contributed by atoms with van der Waals surface area (Å²) in [6.07, 6.45) is 0.952. The molecule has 7 nitrogen and oxygen atoms in total. The van der Waals surface area contributed by atoms with Gasteiger partial charge in [0, 0.05) is 16.6 Å². The lowest BCUT2D eigenvalue weighted by Crippen LogP contribution is -2.54. The molecule has 12 heteroatoms. The van der Waals surface area contributed by atoms with Gasteiger partial charge in [0.15, 0.2) is 0 Å². The largest absolute Gasteiger partial charge is 0.350 e. The standard InChI is InChI=1S/C23H27BrCl3N3O4S/c1-14(22(32)28-23(2,3)4)29(12-15-6-8-16(24)9-7-15)21(31)13-30(35(5,33)34)20-11-18(26)17(25)10-19(20)27/h6-11,14H,12-13H2,1-5H3,(H,28,32)/t14-/m0/s1. The molecule has 0 heterocycles. The zero-order valence-electron chi connectivity index (χ0n) is 19.9. The highest BCUT2D eigenvalue weighted by Gasteiger charge is 2.32. The van der Waals surface area contributed by atoms with Gasteiger partial charge in [0.2, 0.25) is 21.8 Å². The molecule has 2 aromatic carbocycles. The molecule has 0 saturated carbocycles. The third-order valence-electron chi connectivity index (χ3n) is 4.87. The van der Waals surface area contributed by atoms with Crippen molar-refractivity contribution in [2.24, 2.45) is 0 Å². The summed E-state index contributed by atoms with van der Waals surface area (Å²) in [5, 5.41) is 3.10. The van der Waals surface area contributed by atoms with Crippen molar-refractivity contribution < 1.29 is 18.0 Å². The molecule has 35 heavy (non-hydrogen) atoms.